The summed E-state index contributed by atoms with van der Waals surface area (Å²) in [6.45, 7) is 5.16. The molecule has 0 unspecified atom stereocenters. The largest absolute Gasteiger partial charge is 0.359 e. The summed E-state index contributed by atoms with van der Waals surface area (Å²) in [6.07, 6.45) is 1.80. The molecule has 0 bridgehead atoms. The van der Waals surface area contributed by atoms with Gasteiger partial charge in [-0.1, -0.05) is 17.3 Å². The number of carbonyl (C=O) groups is 1. The first-order chi connectivity index (χ1) is 13.1. The summed E-state index contributed by atoms with van der Waals surface area (Å²) in [5, 5.41) is 19.2. The number of rotatable bonds is 4. The number of nitrogens with zero attached hydrogens (tertiary/aromatic N) is 6. The van der Waals surface area contributed by atoms with Crippen molar-refractivity contribution >= 4 is 11.7 Å². The van der Waals surface area contributed by atoms with E-state index in [2.05, 4.69) is 25.9 Å². The molecule has 3 heterocycles. The van der Waals surface area contributed by atoms with E-state index in [0.717, 1.165) is 29.9 Å². The van der Waals surface area contributed by atoms with E-state index in [1.807, 2.05) is 44.2 Å². The molecule has 0 radical (unpaired) electrons. The molecule has 0 spiro atoms. The summed E-state index contributed by atoms with van der Waals surface area (Å²) in [5.74, 6) is 1.26. The van der Waals surface area contributed by atoms with Crippen molar-refractivity contribution in [1.29, 1.82) is 0 Å². The van der Waals surface area contributed by atoms with Crippen molar-refractivity contribution in [3.8, 4) is 11.4 Å². The Bertz CT molecular complexity index is 949. The monoisotopic (exact) mass is 367 g/mol. The first-order valence-electron chi connectivity index (χ1n) is 9.03. The van der Waals surface area contributed by atoms with E-state index < -0.39 is 0 Å². The average molecular weight is 367 g/mol. The van der Waals surface area contributed by atoms with Gasteiger partial charge in [-0.05, 0) is 44.0 Å². The second kappa shape index (κ2) is 7.18. The minimum Gasteiger partial charge on any atom is -0.359 e. The van der Waals surface area contributed by atoms with Crippen LogP contribution < -0.4 is 5.32 Å². The van der Waals surface area contributed by atoms with E-state index in [1.54, 1.807) is 4.90 Å². The lowest BCUT2D eigenvalue weighted by Crippen LogP contribution is -2.34. The summed E-state index contributed by atoms with van der Waals surface area (Å²) in [5.41, 5.74) is 2.30. The highest BCUT2D eigenvalue weighted by molar-refractivity contribution is 5.90. The summed E-state index contributed by atoms with van der Waals surface area (Å²) in [4.78, 5) is 16.1. The highest BCUT2D eigenvalue weighted by atomic mass is 16.5. The van der Waals surface area contributed by atoms with Crippen molar-refractivity contribution in [1.82, 2.24) is 30.3 Å². The zero-order valence-electron chi connectivity index (χ0n) is 15.3. The van der Waals surface area contributed by atoms with Crippen molar-refractivity contribution in [2.45, 2.75) is 39.3 Å². The molecule has 1 aromatic carbocycles. The highest BCUT2D eigenvalue weighted by Gasteiger charge is 2.32. The van der Waals surface area contributed by atoms with Crippen molar-refractivity contribution in [2.75, 3.05) is 11.9 Å². The maximum atomic E-state index is 12.8. The van der Waals surface area contributed by atoms with Crippen LogP contribution in [0.1, 0.15) is 37.3 Å². The van der Waals surface area contributed by atoms with Crippen LogP contribution in [0.3, 0.4) is 0 Å². The van der Waals surface area contributed by atoms with E-state index in [4.69, 9.17) is 4.52 Å². The number of likely N-dealkylation sites (tertiary alicyclic amines) is 1. The number of anilines is 1. The zero-order chi connectivity index (χ0) is 18.8. The Morgan fingerprint density at radius 1 is 1.37 bits per heavy atom. The number of aryl methyl sites for hydroxylation is 2. The fourth-order valence-electron chi connectivity index (χ4n) is 3.27. The van der Waals surface area contributed by atoms with Gasteiger partial charge in [-0.25, -0.2) is 4.79 Å². The number of tetrazole rings is 1. The van der Waals surface area contributed by atoms with Gasteiger partial charge in [0.2, 0.25) is 5.82 Å². The maximum absolute atomic E-state index is 12.8. The van der Waals surface area contributed by atoms with Gasteiger partial charge in [-0.2, -0.15) is 4.80 Å². The van der Waals surface area contributed by atoms with Crippen LogP contribution in [-0.4, -0.2) is 42.8 Å². The van der Waals surface area contributed by atoms with Gasteiger partial charge in [-0.3, -0.25) is 0 Å². The molecule has 4 rings (SSSR count). The maximum Gasteiger partial charge on any atom is 0.322 e. The SMILES string of the molecule is CCn1nnc(-c2cccc(NC(=O)N3CCC[C@@H]3c3cc(C)no3)c2)n1. The van der Waals surface area contributed by atoms with Gasteiger partial charge in [0.25, 0.3) is 0 Å². The summed E-state index contributed by atoms with van der Waals surface area (Å²) >= 11 is 0. The Hall–Kier alpha value is -3.23. The van der Waals surface area contributed by atoms with Crippen LogP contribution in [0.4, 0.5) is 10.5 Å². The molecule has 3 aromatic rings. The van der Waals surface area contributed by atoms with E-state index in [-0.39, 0.29) is 12.1 Å². The molecular weight excluding hydrogens is 346 g/mol. The smallest absolute Gasteiger partial charge is 0.322 e. The predicted octanol–water partition coefficient (Wildman–Crippen LogP) is 3.03. The highest BCUT2D eigenvalue weighted by Crippen LogP contribution is 2.32. The topological polar surface area (TPSA) is 102 Å². The molecule has 1 aliphatic heterocycles. The van der Waals surface area contributed by atoms with Crippen LogP contribution in [0, 0.1) is 6.92 Å². The standard InChI is InChI=1S/C18H21N7O2/c1-3-25-21-17(20-23-25)13-6-4-7-14(11-13)19-18(26)24-9-5-8-15(24)16-10-12(2)22-27-16/h4,6-7,10-11,15H,3,5,8-9H2,1-2H3,(H,19,26)/t15-/m1/s1. The molecule has 2 aromatic heterocycles. The van der Waals surface area contributed by atoms with Crippen molar-refractivity contribution < 1.29 is 9.32 Å². The Morgan fingerprint density at radius 2 is 2.26 bits per heavy atom. The lowest BCUT2D eigenvalue weighted by molar-refractivity contribution is 0.195. The fraction of sp³-hybridized carbons (Fsp3) is 0.389. The van der Waals surface area contributed by atoms with Gasteiger partial charge in [-0.15, -0.1) is 10.2 Å². The molecule has 1 atom stereocenters. The number of carbonyl (C=O) groups excluding carboxylic acids is 1. The van der Waals surface area contributed by atoms with Gasteiger partial charge in [0.1, 0.15) is 0 Å². The molecule has 0 aliphatic carbocycles. The van der Waals surface area contributed by atoms with E-state index in [0.29, 0.717) is 24.6 Å². The molecular formula is C18H21N7O2. The molecule has 27 heavy (non-hydrogen) atoms. The second-order valence-electron chi connectivity index (χ2n) is 6.53. The summed E-state index contributed by atoms with van der Waals surface area (Å²) in [6, 6.07) is 9.09. The molecule has 140 valence electrons. The first kappa shape index (κ1) is 17.2. The minimum atomic E-state index is -0.158. The Labute approximate surface area is 156 Å². The molecule has 1 fully saturated rings. The number of nitrogens with one attached hydrogen (secondary N) is 1. The third-order valence-electron chi connectivity index (χ3n) is 4.60. The third-order valence-corrected chi connectivity index (χ3v) is 4.60. The normalized spacial score (nSPS) is 16.7. The molecule has 9 nitrogen and oxygen atoms in total. The van der Waals surface area contributed by atoms with Gasteiger partial charge < -0.3 is 14.7 Å². The molecule has 2 amide bonds. The van der Waals surface area contributed by atoms with Gasteiger partial charge in [0.05, 0.1) is 18.3 Å². The van der Waals surface area contributed by atoms with Crippen LogP contribution in [0.2, 0.25) is 0 Å². The number of hydrogen-bond donors (Lipinski definition) is 1. The predicted molar refractivity (Wildman–Crippen MR) is 97.9 cm³/mol. The first-order valence-corrected chi connectivity index (χ1v) is 9.03. The molecule has 1 saturated heterocycles. The Balaban J connectivity index is 1.50. The van der Waals surface area contributed by atoms with E-state index in [9.17, 15) is 4.79 Å². The number of urea groups is 1. The van der Waals surface area contributed by atoms with Crippen molar-refractivity contribution in [3.05, 3.63) is 41.8 Å². The van der Waals surface area contributed by atoms with Crippen LogP contribution in [0.5, 0.6) is 0 Å². The molecule has 1 N–H and O–H groups in total. The summed E-state index contributed by atoms with van der Waals surface area (Å²) in [7, 11) is 0. The van der Waals surface area contributed by atoms with Crippen molar-refractivity contribution in [3.63, 3.8) is 0 Å². The Kier molecular flexibility index (Phi) is 4.57. The average Bonchev–Trinajstić information content (AvgIpc) is 3.41. The van der Waals surface area contributed by atoms with Crippen LogP contribution in [0.15, 0.2) is 34.9 Å². The zero-order valence-corrected chi connectivity index (χ0v) is 15.3. The Morgan fingerprint density at radius 3 is 3.00 bits per heavy atom. The summed E-state index contributed by atoms with van der Waals surface area (Å²) < 4.78 is 5.37. The molecule has 1 aliphatic rings. The number of hydrogen-bond acceptors (Lipinski definition) is 6. The number of amides is 2. The van der Waals surface area contributed by atoms with E-state index in [1.165, 1.54) is 4.80 Å². The lowest BCUT2D eigenvalue weighted by atomic mass is 10.1. The third kappa shape index (κ3) is 3.53. The quantitative estimate of drug-likeness (QED) is 0.760. The van der Waals surface area contributed by atoms with Gasteiger partial charge in [0, 0.05) is 23.9 Å². The van der Waals surface area contributed by atoms with Crippen LogP contribution >= 0.6 is 0 Å². The second-order valence-corrected chi connectivity index (χ2v) is 6.53. The molecule has 9 heteroatoms. The van der Waals surface area contributed by atoms with Gasteiger partial charge >= 0.3 is 6.03 Å². The fourth-order valence-corrected chi connectivity index (χ4v) is 3.27. The number of aromatic nitrogens is 5. The lowest BCUT2D eigenvalue weighted by Gasteiger charge is -2.23. The van der Waals surface area contributed by atoms with Crippen LogP contribution in [-0.2, 0) is 6.54 Å². The molecule has 0 saturated carbocycles. The minimum absolute atomic E-state index is 0.0829. The van der Waals surface area contributed by atoms with E-state index >= 15 is 0 Å². The van der Waals surface area contributed by atoms with Crippen LogP contribution in [0.25, 0.3) is 11.4 Å². The number of benzene rings is 1. The van der Waals surface area contributed by atoms with Gasteiger partial charge in [0.15, 0.2) is 5.76 Å². The van der Waals surface area contributed by atoms with Crippen molar-refractivity contribution in [2.24, 2.45) is 0 Å².